The molecule has 0 saturated carbocycles. The number of amides is 1. The molecule has 11 heteroatoms. The fourth-order valence-corrected chi connectivity index (χ4v) is 6.74. The molecule has 2 fully saturated rings. The Morgan fingerprint density at radius 3 is 2.71 bits per heavy atom. The second-order valence-corrected chi connectivity index (χ2v) is 11.1. The number of ether oxygens (including phenoxy) is 2. The number of aliphatic hydroxyl groups excluding tert-OH is 1. The van der Waals surface area contributed by atoms with Gasteiger partial charge in [0.1, 0.15) is 4.90 Å². The number of aromatic nitrogens is 1. The van der Waals surface area contributed by atoms with Gasteiger partial charge in [-0.05, 0) is 49.1 Å². The van der Waals surface area contributed by atoms with Crippen LogP contribution in [0, 0.1) is 0 Å². The zero-order chi connectivity index (χ0) is 24.8. The molecule has 0 radical (unpaired) electrons. The zero-order valence-electron chi connectivity index (χ0n) is 19.3. The summed E-state index contributed by atoms with van der Waals surface area (Å²) in [6.07, 6.45) is 3.40. The number of benzene rings is 1. The largest absolute Gasteiger partial charge is 0.389 e. The van der Waals surface area contributed by atoms with E-state index < -0.39 is 28.3 Å². The molecule has 190 valence electrons. The number of aliphatic hydroxyl groups is 1. The average molecular weight is 524 g/mol. The lowest BCUT2D eigenvalue weighted by molar-refractivity contribution is -0.146. The number of halogens is 1. The highest BCUT2D eigenvalue weighted by atomic mass is 35.5. The van der Waals surface area contributed by atoms with Crippen molar-refractivity contribution in [1.82, 2.24) is 14.6 Å². The molecule has 9 nitrogen and oxygen atoms in total. The SMILES string of the molecule is O=C(C[C@H]1CC[C@H]2[C@@H](COC[C@H](O)CN2S(=O)(=O)c2ccccc2Cl)O1)NCCc1ccncc1. The summed E-state index contributed by atoms with van der Waals surface area (Å²) in [5.41, 5.74) is 1.09. The molecule has 2 aliphatic heterocycles. The van der Waals surface area contributed by atoms with Crippen molar-refractivity contribution in [2.45, 2.75) is 54.9 Å². The third-order valence-corrected chi connectivity index (χ3v) is 8.65. The second kappa shape index (κ2) is 11.8. The van der Waals surface area contributed by atoms with Crippen molar-refractivity contribution < 1.29 is 27.8 Å². The van der Waals surface area contributed by atoms with Crippen LogP contribution in [0.25, 0.3) is 0 Å². The highest BCUT2D eigenvalue weighted by Gasteiger charge is 2.43. The van der Waals surface area contributed by atoms with Gasteiger partial charge >= 0.3 is 0 Å². The van der Waals surface area contributed by atoms with E-state index >= 15 is 0 Å². The van der Waals surface area contributed by atoms with Crippen LogP contribution in [0.4, 0.5) is 0 Å². The molecular weight excluding hydrogens is 494 g/mol. The molecule has 1 aromatic carbocycles. The predicted octanol–water partition coefficient (Wildman–Crippen LogP) is 1.78. The first-order valence-electron chi connectivity index (χ1n) is 11.7. The minimum atomic E-state index is -3.99. The van der Waals surface area contributed by atoms with Crippen molar-refractivity contribution in [2.75, 3.05) is 26.3 Å². The maximum absolute atomic E-state index is 13.5. The summed E-state index contributed by atoms with van der Waals surface area (Å²) in [5.74, 6) is -0.120. The molecule has 1 aromatic heterocycles. The normalized spacial score (nSPS) is 25.8. The van der Waals surface area contributed by atoms with Crippen molar-refractivity contribution in [1.29, 1.82) is 0 Å². The maximum Gasteiger partial charge on any atom is 0.244 e. The molecule has 0 unspecified atom stereocenters. The van der Waals surface area contributed by atoms with Gasteiger partial charge in [0.2, 0.25) is 15.9 Å². The van der Waals surface area contributed by atoms with E-state index in [1.165, 1.54) is 16.4 Å². The van der Waals surface area contributed by atoms with Crippen molar-refractivity contribution >= 4 is 27.5 Å². The summed E-state index contributed by atoms with van der Waals surface area (Å²) in [4.78, 5) is 16.5. The smallest absolute Gasteiger partial charge is 0.244 e. The molecule has 2 saturated heterocycles. The summed E-state index contributed by atoms with van der Waals surface area (Å²) in [7, 11) is -3.99. The Bertz CT molecular complexity index is 1100. The van der Waals surface area contributed by atoms with Crippen LogP contribution in [0.1, 0.15) is 24.8 Å². The summed E-state index contributed by atoms with van der Waals surface area (Å²) >= 11 is 6.20. The first kappa shape index (κ1) is 26.0. The summed E-state index contributed by atoms with van der Waals surface area (Å²) in [6, 6.07) is 9.52. The minimum Gasteiger partial charge on any atom is -0.389 e. The molecule has 0 spiro atoms. The van der Waals surface area contributed by atoms with Gasteiger partial charge in [0.25, 0.3) is 0 Å². The number of β-amino-alcohol motifs (C(OH)–C–C–N with tert-alkyl or cyclic N) is 1. The molecular formula is C24H30ClN3O6S. The van der Waals surface area contributed by atoms with E-state index in [1.807, 2.05) is 12.1 Å². The number of hydrogen-bond acceptors (Lipinski definition) is 7. The van der Waals surface area contributed by atoms with Crippen molar-refractivity contribution in [3.8, 4) is 0 Å². The van der Waals surface area contributed by atoms with Crippen LogP contribution in [-0.2, 0) is 30.7 Å². The molecule has 4 rings (SSSR count). The van der Waals surface area contributed by atoms with Gasteiger partial charge in [-0.2, -0.15) is 4.31 Å². The quantitative estimate of drug-likeness (QED) is 0.568. The Morgan fingerprint density at radius 1 is 1.17 bits per heavy atom. The highest BCUT2D eigenvalue weighted by Crippen LogP contribution is 2.33. The Labute approximate surface area is 210 Å². The van der Waals surface area contributed by atoms with Crippen molar-refractivity contribution in [3.63, 3.8) is 0 Å². The maximum atomic E-state index is 13.5. The number of carbonyl (C=O) groups is 1. The van der Waals surface area contributed by atoms with E-state index in [4.69, 9.17) is 21.1 Å². The first-order valence-corrected chi connectivity index (χ1v) is 13.5. The predicted molar refractivity (Wildman–Crippen MR) is 129 cm³/mol. The van der Waals surface area contributed by atoms with Gasteiger partial charge in [0, 0.05) is 25.5 Å². The van der Waals surface area contributed by atoms with E-state index in [-0.39, 0.29) is 48.1 Å². The van der Waals surface area contributed by atoms with Crippen LogP contribution in [0.15, 0.2) is 53.7 Å². The van der Waals surface area contributed by atoms with Crippen LogP contribution >= 0.6 is 11.6 Å². The van der Waals surface area contributed by atoms with Gasteiger partial charge in [-0.25, -0.2) is 8.42 Å². The third-order valence-electron chi connectivity index (χ3n) is 6.26. The Balaban J connectivity index is 1.40. The Kier molecular flexibility index (Phi) is 8.74. The molecule has 3 heterocycles. The monoisotopic (exact) mass is 523 g/mol. The molecule has 2 N–H and O–H groups in total. The van der Waals surface area contributed by atoms with E-state index in [0.717, 1.165) is 5.56 Å². The molecule has 0 aliphatic carbocycles. The molecule has 2 aliphatic rings. The minimum absolute atomic E-state index is 0.00944. The van der Waals surface area contributed by atoms with Crippen molar-refractivity contribution in [2.24, 2.45) is 0 Å². The van der Waals surface area contributed by atoms with E-state index in [2.05, 4.69) is 10.3 Å². The van der Waals surface area contributed by atoms with Gasteiger partial charge < -0.3 is 19.9 Å². The van der Waals surface area contributed by atoms with Gasteiger partial charge in [-0.1, -0.05) is 23.7 Å². The number of carbonyl (C=O) groups excluding carboxylic acids is 1. The lowest BCUT2D eigenvalue weighted by atomic mass is 9.96. The van der Waals surface area contributed by atoms with Crippen LogP contribution in [0.3, 0.4) is 0 Å². The molecule has 35 heavy (non-hydrogen) atoms. The fraction of sp³-hybridized carbons (Fsp3) is 0.500. The number of rotatable bonds is 7. The lowest BCUT2D eigenvalue weighted by Crippen LogP contribution is -2.57. The van der Waals surface area contributed by atoms with Crippen LogP contribution in [0.2, 0.25) is 5.02 Å². The van der Waals surface area contributed by atoms with Gasteiger partial charge in [-0.15, -0.1) is 0 Å². The Morgan fingerprint density at radius 2 is 1.94 bits per heavy atom. The van der Waals surface area contributed by atoms with Gasteiger partial charge in [0.15, 0.2) is 0 Å². The summed E-state index contributed by atoms with van der Waals surface area (Å²) in [5, 5.41) is 13.4. The number of fused-ring (bicyclic) bond motifs is 1. The standard InChI is InChI=1S/C24H30ClN3O6S/c25-20-3-1-2-4-23(20)35(31,32)28-14-18(29)15-33-16-22-21(28)6-5-19(34-22)13-24(30)27-12-9-17-7-10-26-11-8-17/h1-4,7-8,10-11,18-19,21-22,29H,5-6,9,12-16H2,(H,27,30)/t18-,19-,21+,22-/m1/s1. The third kappa shape index (κ3) is 6.58. The van der Waals surface area contributed by atoms with Crippen LogP contribution in [0.5, 0.6) is 0 Å². The first-order chi connectivity index (χ1) is 16.8. The van der Waals surface area contributed by atoms with Crippen LogP contribution in [-0.4, -0.2) is 79.4 Å². The average Bonchev–Trinajstić information content (AvgIpc) is 2.82. The summed E-state index contributed by atoms with van der Waals surface area (Å²) < 4.78 is 40.1. The van der Waals surface area contributed by atoms with Crippen molar-refractivity contribution in [3.05, 3.63) is 59.4 Å². The number of hydrogen-bond donors (Lipinski definition) is 2. The zero-order valence-corrected chi connectivity index (χ0v) is 20.8. The van der Waals surface area contributed by atoms with Gasteiger partial charge in [-0.3, -0.25) is 9.78 Å². The highest BCUT2D eigenvalue weighted by molar-refractivity contribution is 7.89. The van der Waals surface area contributed by atoms with Crippen LogP contribution < -0.4 is 5.32 Å². The van der Waals surface area contributed by atoms with E-state index in [0.29, 0.717) is 25.8 Å². The molecule has 2 aromatic rings. The Hall–Kier alpha value is -2.08. The molecule has 1 amide bonds. The number of nitrogens with zero attached hydrogens (tertiary/aromatic N) is 2. The number of nitrogens with one attached hydrogen (secondary N) is 1. The fourth-order valence-electron chi connectivity index (χ4n) is 4.53. The van der Waals surface area contributed by atoms with E-state index in [9.17, 15) is 18.3 Å². The second-order valence-electron chi connectivity index (χ2n) is 8.80. The van der Waals surface area contributed by atoms with E-state index in [1.54, 1.807) is 24.5 Å². The van der Waals surface area contributed by atoms with Gasteiger partial charge in [0.05, 0.1) is 49.0 Å². The number of sulfonamides is 1. The number of pyridine rings is 1. The summed E-state index contributed by atoms with van der Waals surface area (Å²) in [6.45, 7) is 0.489. The topological polar surface area (TPSA) is 118 Å². The lowest BCUT2D eigenvalue weighted by Gasteiger charge is -2.43. The molecule has 4 atom stereocenters. The molecule has 0 bridgehead atoms.